The first-order chi connectivity index (χ1) is 13.0. The molecule has 1 heterocycles. The standard InChI is InChI=1S/C20H22N2O4S/c1-13(14-6-4-3-5-7-14)22(2)18(23)12-26-20(25)16-10-11-17(27-16)21-19(24)15-8-9-15/h3-7,10-11,13,15H,8-9,12H2,1-2H3,(H,21,24). The molecule has 6 nitrogen and oxygen atoms in total. The topological polar surface area (TPSA) is 75.7 Å². The van der Waals surface area contributed by atoms with Crippen molar-refractivity contribution in [3.05, 3.63) is 52.9 Å². The summed E-state index contributed by atoms with van der Waals surface area (Å²) in [7, 11) is 1.69. The van der Waals surface area contributed by atoms with Gasteiger partial charge in [-0.15, -0.1) is 11.3 Å². The van der Waals surface area contributed by atoms with E-state index in [-0.39, 0.29) is 30.4 Å². The lowest BCUT2D eigenvalue weighted by Crippen LogP contribution is -2.33. The molecule has 1 atom stereocenters. The summed E-state index contributed by atoms with van der Waals surface area (Å²) < 4.78 is 5.14. The number of anilines is 1. The van der Waals surface area contributed by atoms with Gasteiger partial charge in [-0.2, -0.15) is 0 Å². The summed E-state index contributed by atoms with van der Waals surface area (Å²) in [5.41, 5.74) is 1.01. The third-order valence-corrected chi connectivity index (χ3v) is 5.57. The minimum absolute atomic E-state index is 0.0107. The fraction of sp³-hybridized carbons (Fsp3) is 0.350. The molecule has 0 saturated heterocycles. The summed E-state index contributed by atoms with van der Waals surface area (Å²) in [6.07, 6.45) is 1.84. The van der Waals surface area contributed by atoms with E-state index in [1.54, 1.807) is 24.1 Å². The summed E-state index contributed by atoms with van der Waals surface area (Å²) in [5, 5.41) is 3.40. The van der Waals surface area contributed by atoms with E-state index in [4.69, 9.17) is 4.74 Å². The summed E-state index contributed by atoms with van der Waals surface area (Å²) >= 11 is 1.15. The maximum absolute atomic E-state index is 12.3. The van der Waals surface area contributed by atoms with Gasteiger partial charge >= 0.3 is 5.97 Å². The molecule has 2 aromatic rings. The minimum atomic E-state index is -0.568. The molecule has 1 unspecified atom stereocenters. The van der Waals surface area contributed by atoms with Crippen LogP contribution in [0.25, 0.3) is 0 Å². The highest BCUT2D eigenvalue weighted by Gasteiger charge is 2.30. The first kappa shape index (κ1) is 19.1. The molecule has 1 fully saturated rings. The molecule has 1 saturated carbocycles. The SMILES string of the molecule is CC(c1ccccc1)N(C)C(=O)COC(=O)c1ccc(NC(=O)C2CC2)s1. The third-order valence-electron chi connectivity index (χ3n) is 4.58. The number of amides is 2. The number of nitrogens with zero attached hydrogens (tertiary/aromatic N) is 1. The fourth-order valence-electron chi connectivity index (χ4n) is 2.56. The smallest absolute Gasteiger partial charge is 0.348 e. The fourth-order valence-corrected chi connectivity index (χ4v) is 3.36. The lowest BCUT2D eigenvalue weighted by molar-refractivity contribution is -0.135. The number of benzene rings is 1. The van der Waals surface area contributed by atoms with Gasteiger partial charge in [-0.25, -0.2) is 4.79 Å². The zero-order chi connectivity index (χ0) is 19.4. The Bertz CT molecular complexity index is 830. The maximum atomic E-state index is 12.3. The average molecular weight is 386 g/mol. The van der Waals surface area contributed by atoms with Crippen LogP contribution in [0.2, 0.25) is 0 Å². The van der Waals surface area contributed by atoms with Gasteiger partial charge in [0, 0.05) is 13.0 Å². The van der Waals surface area contributed by atoms with Gasteiger partial charge in [0.25, 0.3) is 5.91 Å². The van der Waals surface area contributed by atoms with Crippen LogP contribution in [0.1, 0.15) is 41.0 Å². The van der Waals surface area contributed by atoms with Crippen LogP contribution >= 0.6 is 11.3 Å². The van der Waals surface area contributed by atoms with Crippen LogP contribution < -0.4 is 5.32 Å². The molecule has 1 N–H and O–H groups in total. The number of thiophene rings is 1. The van der Waals surface area contributed by atoms with E-state index in [0.717, 1.165) is 29.7 Å². The number of ether oxygens (including phenoxy) is 1. The van der Waals surface area contributed by atoms with E-state index in [1.165, 1.54) is 0 Å². The molecule has 7 heteroatoms. The summed E-state index contributed by atoms with van der Waals surface area (Å²) in [6.45, 7) is 1.59. The molecule has 0 bridgehead atoms. The molecule has 0 radical (unpaired) electrons. The van der Waals surface area contributed by atoms with Crippen LogP contribution in [-0.2, 0) is 14.3 Å². The molecule has 1 aliphatic rings. The average Bonchev–Trinajstić information content (AvgIpc) is 3.45. The first-order valence-corrected chi connectivity index (χ1v) is 9.66. The Balaban J connectivity index is 1.50. The third kappa shape index (κ3) is 4.95. The Morgan fingerprint density at radius 3 is 2.56 bits per heavy atom. The Morgan fingerprint density at radius 2 is 1.89 bits per heavy atom. The Kier molecular flexibility index (Phi) is 5.91. The molecule has 3 rings (SSSR count). The second-order valence-corrected chi connectivity index (χ2v) is 7.68. The first-order valence-electron chi connectivity index (χ1n) is 8.84. The van der Waals surface area contributed by atoms with Crippen molar-refractivity contribution < 1.29 is 19.1 Å². The van der Waals surface area contributed by atoms with E-state index in [9.17, 15) is 14.4 Å². The molecule has 27 heavy (non-hydrogen) atoms. The molecule has 1 aromatic carbocycles. The summed E-state index contributed by atoms with van der Waals surface area (Å²) in [6, 6.07) is 12.8. The number of esters is 1. The number of hydrogen-bond acceptors (Lipinski definition) is 5. The van der Waals surface area contributed by atoms with Gasteiger partial charge in [0.2, 0.25) is 5.91 Å². The number of rotatable bonds is 7. The van der Waals surface area contributed by atoms with E-state index < -0.39 is 5.97 Å². The zero-order valence-electron chi connectivity index (χ0n) is 15.3. The number of carbonyl (C=O) groups is 3. The van der Waals surface area contributed by atoms with Crippen molar-refractivity contribution in [1.82, 2.24) is 4.90 Å². The number of hydrogen-bond donors (Lipinski definition) is 1. The van der Waals surface area contributed by atoms with Gasteiger partial charge < -0.3 is 15.0 Å². The molecule has 0 spiro atoms. The van der Waals surface area contributed by atoms with E-state index in [0.29, 0.717) is 9.88 Å². The quantitative estimate of drug-likeness (QED) is 0.739. The van der Waals surface area contributed by atoms with Crippen molar-refractivity contribution in [3.8, 4) is 0 Å². The number of nitrogens with one attached hydrogen (secondary N) is 1. The predicted molar refractivity (Wildman–Crippen MR) is 104 cm³/mol. The molecule has 1 aliphatic carbocycles. The Morgan fingerprint density at radius 1 is 1.19 bits per heavy atom. The highest BCUT2D eigenvalue weighted by molar-refractivity contribution is 7.18. The van der Waals surface area contributed by atoms with Crippen molar-refractivity contribution >= 4 is 34.1 Å². The molecule has 1 aromatic heterocycles. The van der Waals surface area contributed by atoms with Gasteiger partial charge in [-0.05, 0) is 37.5 Å². The highest BCUT2D eigenvalue weighted by Crippen LogP contribution is 2.31. The largest absolute Gasteiger partial charge is 0.451 e. The summed E-state index contributed by atoms with van der Waals surface area (Å²) in [5.74, 6) is -0.759. The molecule has 0 aliphatic heterocycles. The van der Waals surface area contributed by atoms with Gasteiger partial charge in [-0.3, -0.25) is 9.59 Å². The van der Waals surface area contributed by atoms with Gasteiger partial charge in [0.05, 0.1) is 11.0 Å². The molecule has 2 amide bonds. The monoisotopic (exact) mass is 386 g/mol. The van der Waals surface area contributed by atoms with Gasteiger partial charge in [0.15, 0.2) is 6.61 Å². The number of likely N-dealkylation sites (N-methyl/N-ethyl adjacent to an activating group) is 1. The minimum Gasteiger partial charge on any atom is -0.451 e. The van der Waals surface area contributed by atoms with E-state index in [1.807, 2.05) is 37.3 Å². The zero-order valence-corrected chi connectivity index (χ0v) is 16.1. The maximum Gasteiger partial charge on any atom is 0.348 e. The Hall–Kier alpha value is -2.67. The van der Waals surface area contributed by atoms with Crippen LogP contribution in [0.3, 0.4) is 0 Å². The molecular weight excluding hydrogens is 364 g/mol. The van der Waals surface area contributed by atoms with E-state index >= 15 is 0 Å². The second kappa shape index (κ2) is 8.35. The lowest BCUT2D eigenvalue weighted by atomic mass is 10.1. The van der Waals surface area contributed by atoms with Gasteiger partial charge in [0.1, 0.15) is 4.88 Å². The van der Waals surface area contributed by atoms with Crippen molar-refractivity contribution in [2.75, 3.05) is 19.0 Å². The molecule has 142 valence electrons. The Labute approximate surface area is 162 Å². The second-order valence-electron chi connectivity index (χ2n) is 6.59. The molecular formula is C20H22N2O4S. The van der Waals surface area contributed by atoms with Crippen LogP contribution in [0.15, 0.2) is 42.5 Å². The summed E-state index contributed by atoms with van der Waals surface area (Å²) in [4.78, 5) is 38.1. The van der Waals surface area contributed by atoms with Crippen molar-refractivity contribution in [1.29, 1.82) is 0 Å². The van der Waals surface area contributed by atoms with Crippen LogP contribution in [0.4, 0.5) is 5.00 Å². The predicted octanol–water partition coefficient (Wildman–Crippen LogP) is 3.47. The van der Waals surface area contributed by atoms with E-state index in [2.05, 4.69) is 5.32 Å². The van der Waals surface area contributed by atoms with Crippen molar-refractivity contribution in [3.63, 3.8) is 0 Å². The van der Waals surface area contributed by atoms with Crippen LogP contribution in [0, 0.1) is 5.92 Å². The normalized spacial score (nSPS) is 14.3. The van der Waals surface area contributed by atoms with Crippen molar-refractivity contribution in [2.24, 2.45) is 5.92 Å². The van der Waals surface area contributed by atoms with Crippen LogP contribution in [0.5, 0.6) is 0 Å². The van der Waals surface area contributed by atoms with Crippen LogP contribution in [-0.4, -0.2) is 36.3 Å². The highest BCUT2D eigenvalue weighted by atomic mass is 32.1. The number of carbonyl (C=O) groups excluding carboxylic acids is 3. The van der Waals surface area contributed by atoms with Crippen molar-refractivity contribution in [2.45, 2.75) is 25.8 Å². The lowest BCUT2D eigenvalue weighted by Gasteiger charge is -2.25. The van der Waals surface area contributed by atoms with Gasteiger partial charge in [-0.1, -0.05) is 30.3 Å².